The van der Waals surface area contributed by atoms with Crippen molar-refractivity contribution >= 4 is 11.3 Å². The minimum absolute atomic E-state index is 0.928. The van der Waals surface area contributed by atoms with Gasteiger partial charge in [0.25, 0.3) is 0 Å². The van der Waals surface area contributed by atoms with Gasteiger partial charge in [0.05, 0.1) is 0 Å². The number of aryl methyl sites for hydroxylation is 1. The number of hydrogen-bond donors (Lipinski definition) is 1. The molecule has 0 saturated carbocycles. The van der Waals surface area contributed by atoms with Gasteiger partial charge in [-0.25, -0.2) is 0 Å². The summed E-state index contributed by atoms with van der Waals surface area (Å²) >= 11 is 1.90. The Morgan fingerprint density at radius 3 is 3.00 bits per heavy atom. The molecule has 2 heterocycles. The van der Waals surface area contributed by atoms with Crippen LogP contribution in [-0.4, -0.2) is 31.1 Å². The number of hydrogen-bond acceptors (Lipinski definition) is 3. The van der Waals surface area contributed by atoms with E-state index >= 15 is 0 Å². The quantitative estimate of drug-likeness (QED) is 0.823. The summed E-state index contributed by atoms with van der Waals surface area (Å²) in [6, 6.07) is 4.44. The second kappa shape index (κ2) is 7.27. The molecule has 1 aliphatic rings. The zero-order chi connectivity index (χ0) is 12.8. The lowest BCUT2D eigenvalue weighted by molar-refractivity contribution is 0.281. The van der Waals surface area contributed by atoms with Crippen molar-refractivity contribution in [1.29, 1.82) is 0 Å². The monoisotopic (exact) mass is 266 g/mol. The van der Waals surface area contributed by atoms with Gasteiger partial charge >= 0.3 is 0 Å². The predicted molar refractivity (Wildman–Crippen MR) is 80.2 cm³/mol. The van der Waals surface area contributed by atoms with Gasteiger partial charge in [-0.2, -0.15) is 0 Å². The second-order valence-electron chi connectivity index (χ2n) is 5.57. The van der Waals surface area contributed by atoms with Crippen LogP contribution in [0.4, 0.5) is 0 Å². The smallest absolute Gasteiger partial charge is 0.0300 e. The van der Waals surface area contributed by atoms with E-state index in [1.54, 1.807) is 0 Å². The summed E-state index contributed by atoms with van der Waals surface area (Å²) in [6.07, 6.45) is 4.17. The van der Waals surface area contributed by atoms with Crippen LogP contribution >= 0.6 is 11.3 Å². The first-order valence-electron chi connectivity index (χ1n) is 7.22. The SMILES string of the molecule is Cc1ccc(CNCCN2CCCC(C)CC2)s1. The fraction of sp³-hybridized carbons (Fsp3) is 0.733. The van der Waals surface area contributed by atoms with Crippen molar-refractivity contribution in [1.82, 2.24) is 10.2 Å². The molecular formula is C15H26N2S. The average molecular weight is 266 g/mol. The van der Waals surface area contributed by atoms with Crippen LogP contribution in [0.25, 0.3) is 0 Å². The summed E-state index contributed by atoms with van der Waals surface area (Å²) in [6.45, 7) is 10.5. The molecule has 1 atom stereocenters. The van der Waals surface area contributed by atoms with Gasteiger partial charge in [0.1, 0.15) is 0 Å². The van der Waals surface area contributed by atoms with Crippen LogP contribution < -0.4 is 5.32 Å². The molecule has 102 valence electrons. The Hall–Kier alpha value is -0.380. The predicted octanol–water partition coefficient (Wildman–Crippen LogP) is 3.27. The lowest BCUT2D eigenvalue weighted by atomic mass is 10.0. The van der Waals surface area contributed by atoms with E-state index in [2.05, 4.69) is 36.2 Å². The molecule has 0 radical (unpaired) electrons. The minimum Gasteiger partial charge on any atom is -0.311 e. The van der Waals surface area contributed by atoms with Gasteiger partial charge in [0.15, 0.2) is 0 Å². The first-order valence-corrected chi connectivity index (χ1v) is 8.04. The van der Waals surface area contributed by atoms with Crippen LogP contribution in [-0.2, 0) is 6.54 Å². The molecule has 3 heteroatoms. The van der Waals surface area contributed by atoms with Crippen molar-refractivity contribution in [3.8, 4) is 0 Å². The maximum absolute atomic E-state index is 3.56. The van der Waals surface area contributed by atoms with Crippen LogP contribution in [0.3, 0.4) is 0 Å². The molecule has 1 aromatic heterocycles. The number of likely N-dealkylation sites (tertiary alicyclic amines) is 1. The van der Waals surface area contributed by atoms with Crippen molar-refractivity contribution < 1.29 is 0 Å². The molecule has 1 N–H and O–H groups in total. The van der Waals surface area contributed by atoms with E-state index in [1.807, 2.05) is 11.3 Å². The molecule has 2 rings (SSSR count). The van der Waals surface area contributed by atoms with Gasteiger partial charge in [0.2, 0.25) is 0 Å². The van der Waals surface area contributed by atoms with Crippen molar-refractivity contribution in [3.63, 3.8) is 0 Å². The van der Waals surface area contributed by atoms with Crippen molar-refractivity contribution in [2.45, 2.75) is 39.7 Å². The van der Waals surface area contributed by atoms with Gasteiger partial charge < -0.3 is 10.2 Å². The molecule has 0 amide bonds. The Morgan fingerprint density at radius 2 is 2.22 bits per heavy atom. The molecule has 18 heavy (non-hydrogen) atoms. The average Bonchev–Trinajstić information content (AvgIpc) is 2.65. The lowest BCUT2D eigenvalue weighted by Gasteiger charge is -2.19. The summed E-state index contributed by atoms with van der Waals surface area (Å²) in [5, 5.41) is 3.56. The number of nitrogens with zero attached hydrogens (tertiary/aromatic N) is 1. The fourth-order valence-corrected chi connectivity index (χ4v) is 3.43. The van der Waals surface area contributed by atoms with E-state index in [0.717, 1.165) is 19.0 Å². The third-order valence-electron chi connectivity index (χ3n) is 3.81. The fourth-order valence-electron chi connectivity index (χ4n) is 2.57. The topological polar surface area (TPSA) is 15.3 Å². The molecule has 1 unspecified atom stereocenters. The lowest BCUT2D eigenvalue weighted by Crippen LogP contribution is -2.32. The van der Waals surface area contributed by atoms with Crippen molar-refractivity contribution in [2.24, 2.45) is 5.92 Å². The third kappa shape index (κ3) is 4.71. The molecule has 1 aliphatic heterocycles. The summed E-state index contributed by atoms with van der Waals surface area (Å²) in [7, 11) is 0. The highest BCUT2D eigenvalue weighted by Crippen LogP contribution is 2.16. The van der Waals surface area contributed by atoms with Crippen LogP contribution in [0.2, 0.25) is 0 Å². The summed E-state index contributed by atoms with van der Waals surface area (Å²) < 4.78 is 0. The maximum Gasteiger partial charge on any atom is 0.0300 e. The second-order valence-corrected chi connectivity index (χ2v) is 6.94. The van der Waals surface area contributed by atoms with Gasteiger partial charge in [0, 0.05) is 29.4 Å². The van der Waals surface area contributed by atoms with Crippen LogP contribution in [0.5, 0.6) is 0 Å². The van der Waals surface area contributed by atoms with Gasteiger partial charge in [-0.3, -0.25) is 0 Å². The van der Waals surface area contributed by atoms with Gasteiger partial charge in [-0.1, -0.05) is 6.92 Å². The van der Waals surface area contributed by atoms with Crippen LogP contribution in [0, 0.1) is 12.8 Å². The summed E-state index contributed by atoms with van der Waals surface area (Å²) in [4.78, 5) is 5.49. The molecule has 1 aromatic rings. The zero-order valence-corrected chi connectivity index (χ0v) is 12.6. The molecule has 0 spiro atoms. The molecule has 0 bridgehead atoms. The standard InChI is InChI=1S/C15H26N2S/c1-13-4-3-9-17(10-7-13)11-8-16-12-15-6-5-14(2)18-15/h5-6,13,16H,3-4,7-12H2,1-2H3. The highest BCUT2D eigenvalue weighted by Gasteiger charge is 2.12. The zero-order valence-electron chi connectivity index (χ0n) is 11.7. The number of rotatable bonds is 5. The van der Waals surface area contributed by atoms with E-state index in [9.17, 15) is 0 Å². The first-order chi connectivity index (χ1) is 8.74. The minimum atomic E-state index is 0.928. The Morgan fingerprint density at radius 1 is 1.33 bits per heavy atom. The number of thiophene rings is 1. The largest absolute Gasteiger partial charge is 0.311 e. The molecule has 2 nitrogen and oxygen atoms in total. The van der Waals surface area contributed by atoms with Gasteiger partial charge in [-0.15, -0.1) is 11.3 Å². The normalized spacial score (nSPS) is 22.0. The van der Waals surface area contributed by atoms with E-state index in [-0.39, 0.29) is 0 Å². The first kappa shape index (κ1) is 14.0. The Balaban J connectivity index is 1.60. The third-order valence-corrected chi connectivity index (χ3v) is 4.81. The van der Waals surface area contributed by atoms with Crippen LogP contribution in [0.1, 0.15) is 35.9 Å². The molecule has 0 aromatic carbocycles. The van der Waals surface area contributed by atoms with Crippen molar-refractivity contribution in [2.75, 3.05) is 26.2 Å². The molecule has 1 fully saturated rings. The molecule has 0 aliphatic carbocycles. The van der Waals surface area contributed by atoms with E-state index in [0.29, 0.717) is 0 Å². The van der Waals surface area contributed by atoms with Crippen molar-refractivity contribution in [3.05, 3.63) is 21.9 Å². The van der Waals surface area contributed by atoms with E-state index in [1.165, 1.54) is 48.7 Å². The summed E-state index contributed by atoms with van der Waals surface area (Å²) in [5.41, 5.74) is 0. The molecular weight excluding hydrogens is 240 g/mol. The Labute approximate surface area is 115 Å². The Kier molecular flexibility index (Phi) is 5.67. The number of nitrogens with one attached hydrogen (secondary N) is 1. The van der Waals surface area contributed by atoms with Gasteiger partial charge in [-0.05, 0) is 57.3 Å². The van der Waals surface area contributed by atoms with E-state index < -0.39 is 0 Å². The maximum atomic E-state index is 3.56. The van der Waals surface area contributed by atoms with Crippen LogP contribution in [0.15, 0.2) is 12.1 Å². The van der Waals surface area contributed by atoms with E-state index in [4.69, 9.17) is 0 Å². The highest BCUT2D eigenvalue weighted by atomic mass is 32.1. The highest BCUT2D eigenvalue weighted by molar-refractivity contribution is 7.11. The molecule has 1 saturated heterocycles. The summed E-state index contributed by atoms with van der Waals surface area (Å²) in [5.74, 6) is 0.928. The Bertz CT molecular complexity index is 348.